The summed E-state index contributed by atoms with van der Waals surface area (Å²) >= 11 is 5.22. The third-order valence-electron chi connectivity index (χ3n) is 2.97. The van der Waals surface area contributed by atoms with Gasteiger partial charge in [-0.05, 0) is 42.4 Å². The Labute approximate surface area is 130 Å². The maximum atomic E-state index is 5.22. The van der Waals surface area contributed by atoms with Crippen LogP contribution in [-0.4, -0.2) is 35.2 Å². The molecule has 0 aliphatic rings. The van der Waals surface area contributed by atoms with Gasteiger partial charge in [-0.3, -0.25) is 0 Å². The molecular weight excluding hydrogens is 284 g/mol. The van der Waals surface area contributed by atoms with Crippen LogP contribution in [0.15, 0.2) is 42.7 Å². The Hall–Kier alpha value is -1.92. The van der Waals surface area contributed by atoms with Gasteiger partial charge in [-0.1, -0.05) is 12.1 Å². The van der Waals surface area contributed by atoms with Crippen LogP contribution in [0.5, 0.6) is 0 Å². The van der Waals surface area contributed by atoms with E-state index in [-0.39, 0.29) is 0 Å². The Kier molecular flexibility index (Phi) is 6.18. The van der Waals surface area contributed by atoms with E-state index in [1.165, 1.54) is 5.56 Å². The minimum atomic E-state index is 0.669. The molecule has 0 unspecified atom stereocenters. The van der Waals surface area contributed by atoms with Gasteiger partial charge in [0, 0.05) is 39.2 Å². The second-order valence-corrected chi connectivity index (χ2v) is 4.98. The predicted molar refractivity (Wildman–Crippen MR) is 87.5 cm³/mol. The van der Waals surface area contributed by atoms with Gasteiger partial charge in [0.05, 0.1) is 5.69 Å². The molecule has 1 heterocycles. The zero-order valence-electron chi connectivity index (χ0n) is 12.1. The van der Waals surface area contributed by atoms with Gasteiger partial charge in [0.1, 0.15) is 0 Å². The number of benzene rings is 1. The van der Waals surface area contributed by atoms with Crippen molar-refractivity contribution >= 4 is 17.3 Å². The average molecular weight is 304 g/mol. The highest BCUT2D eigenvalue weighted by atomic mass is 32.1. The van der Waals surface area contributed by atoms with Crippen LogP contribution in [0.1, 0.15) is 12.0 Å². The molecule has 0 fully saturated rings. The molecule has 1 aromatic heterocycles. The van der Waals surface area contributed by atoms with E-state index in [9.17, 15) is 0 Å². The molecule has 0 aliphatic carbocycles. The van der Waals surface area contributed by atoms with Gasteiger partial charge in [-0.25, -0.2) is 4.68 Å². The van der Waals surface area contributed by atoms with Crippen molar-refractivity contribution < 1.29 is 4.74 Å². The number of rotatable bonds is 7. The van der Waals surface area contributed by atoms with E-state index in [0.717, 1.165) is 25.3 Å². The highest BCUT2D eigenvalue weighted by Crippen LogP contribution is 2.08. The maximum Gasteiger partial charge on any atom is 0.166 e. The van der Waals surface area contributed by atoms with Crippen LogP contribution in [0.2, 0.25) is 0 Å². The van der Waals surface area contributed by atoms with Crippen LogP contribution in [-0.2, 0) is 11.3 Å². The summed E-state index contributed by atoms with van der Waals surface area (Å²) in [5, 5.41) is 11.2. The summed E-state index contributed by atoms with van der Waals surface area (Å²) < 4.78 is 6.82. The molecule has 0 saturated carbocycles. The molecule has 5 nitrogen and oxygen atoms in total. The average Bonchev–Trinajstić information content (AvgIpc) is 3.04. The lowest BCUT2D eigenvalue weighted by molar-refractivity contribution is 0.195. The van der Waals surface area contributed by atoms with Crippen LogP contribution in [0.3, 0.4) is 0 Å². The summed E-state index contributed by atoms with van der Waals surface area (Å²) in [6.07, 6.45) is 4.63. The fourth-order valence-electron chi connectivity index (χ4n) is 1.85. The first-order chi connectivity index (χ1) is 10.3. The molecule has 21 heavy (non-hydrogen) atoms. The second kappa shape index (κ2) is 8.39. The summed E-state index contributed by atoms with van der Waals surface area (Å²) in [5.41, 5.74) is 2.22. The number of nitrogens with one attached hydrogen (secondary N) is 2. The molecule has 2 rings (SSSR count). The van der Waals surface area contributed by atoms with Crippen LogP contribution >= 0.6 is 12.2 Å². The predicted octanol–water partition coefficient (Wildman–Crippen LogP) is 1.87. The zero-order valence-corrected chi connectivity index (χ0v) is 12.9. The van der Waals surface area contributed by atoms with Crippen molar-refractivity contribution in [3.05, 3.63) is 48.3 Å². The van der Waals surface area contributed by atoms with Crippen molar-refractivity contribution in [1.82, 2.24) is 20.4 Å². The van der Waals surface area contributed by atoms with Crippen LogP contribution in [0.4, 0.5) is 0 Å². The van der Waals surface area contributed by atoms with Gasteiger partial charge in [0.25, 0.3) is 0 Å². The molecule has 0 spiro atoms. The van der Waals surface area contributed by atoms with Gasteiger partial charge in [0.2, 0.25) is 0 Å². The minimum Gasteiger partial charge on any atom is -0.385 e. The van der Waals surface area contributed by atoms with Crippen LogP contribution in [0.25, 0.3) is 5.69 Å². The first kappa shape index (κ1) is 15.5. The third-order valence-corrected chi connectivity index (χ3v) is 3.26. The number of ether oxygens (including phenoxy) is 1. The number of aromatic nitrogens is 2. The van der Waals surface area contributed by atoms with Crippen molar-refractivity contribution in [2.75, 3.05) is 20.3 Å². The Balaban J connectivity index is 1.75. The van der Waals surface area contributed by atoms with Crippen molar-refractivity contribution in [1.29, 1.82) is 0 Å². The largest absolute Gasteiger partial charge is 0.385 e. The summed E-state index contributed by atoms with van der Waals surface area (Å²) in [7, 11) is 1.70. The van der Waals surface area contributed by atoms with Crippen LogP contribution < -0.4 is 10.6 Å². The molecule has 2 aromatic rings. The van der Waals surface area contributed by atoms with Gasteiger partial charge >= 0.3 is 0 Å². The number of hydrogen-bond donors (Lipinski definition) is 2. The van der Waals surface area contributed by atoms with E-state index < -0.39 is 0 Å². The number of thiocarbonyl (C=S) groups is 1. The SMILES string of the molecule is COCCCNC(=S)NCc1ccc(-n2cccn2)cc1. The molecule has 0 amide bonds. The quantitative estimate of drug-likeness (QED) is 0.604. The van der Waals surface area contributed by atoms with Crippen molar-refractivity contribution in [2.24, 2.45) is 0 Å². The van der Waals surface area contributed by atoms with E-state index >= 15 is 0 Å². The fraction of sp³-hybridized carbons (Fsp3) is 0.333. The van der Waals surface area contributed by atoms with Crippen molar-refractivity contribution in [3.8, 4) is 5.69 Å². The van der Waals surface area contributed by atoms with E-state index in [0.29, 0.717) is 11.7 Å². The molecule has 0 radical (unpaired) electrons. The topological polar surface area (TPSA) is 51.1 Å². The normalized spacial score (nSPS) is 10.3. The zero-order chi connectivity index (χ0) is 14.9. The summed E-state index contributed by atoms with van der Waals surface area (Å²) in [5.74, 6) is 0. The Morgan fingerprint density at radius 2 is 2.10 bits per heavy atom. The smallest absolute Gasteiger partial charge is 0.166 e. The van der Waals surface area contributed by atoms with E-state index in [1.54, 1.807) is 13.3 Å². The highest BCUT2D eigenvalue weighted by molar-refractivity contribution is 7.80. The van der Waals surface area contributed by atoms with Gasteiger partial charge < -0.3 is 15.4 Å². The second-order valence-electron chi connectivity index (χ2n) is 4.57. The molecule has 6 heteroatoms. The van der Waals surface area contributed by atoms with E-state index in [1.807, 2.05) is 29.1 Å². The molecule has 0 aliphatic heterocycles. The lowest BCUT2D eigenvalue weighted by atomic mass is 10.2. The lowest BCUT2D eigenvalue weighted by Crippen LogP contribution is -2.35. The number of hydrogen-bond acceptors (Lipinski definition) is 3. The Morgan fingerprint density at radius 1 is 1.29 bits per heavy atom. The molecule has 0 atom stereocenters. The van der Waals surface area contributed by atoms with Gasteiger partial charge in [0.15, 0.2) is 5.11 Å². The molecule has 112 valence electrons. The standard InChI is InChI=1S/C15H20N4OS/c1-20-11-3-8-16-15(21)17-12-13-4-6-14(7-5-13)19-10-2-9-18-19/h2,4-7,9-10H,3,8,11-12H2,1H3,(H2,16,17,21). The molecule has 1 aromatic carbocycles. The monoisotopic (exact) mass is 304 g/mol. The fourth-order valence-corrected chi connectivity index (χ4v) is 2.03. The molecule has 0 bridgehead atoms. The summed E-state index contributed by atoms with van der Waals surface area (Å²) in [4.78, 5) is 0. The Morgan fingerprint density at radius 3 is 2.76 bits per heavy atom. The third kappa shape index (κ3) is 5.17. The summed E-state index contributed by atoms with van der Waals surface area (Å²) in [6.45, 7) is 2.26. The first-order valence-corrected chi connectivity index (χ1v) is 7.30. The van der Waals surface area contributed by atoms with Gasteiger partial charge in [-0.15, -0.1) is 0 Å². The van der Waals surface area contributed by atoms with Crippen molar-refractivity contribution in [2.45, 2.75) is 13.0 Å². The lowest BCUT2D eigenvalue weighted by Gasteiger charge is -2.10. The molecule has 0 saturated heterocycles. The van der Waals surface area contributed by atoms with E-state index in [2.05, 4.69) is 27.9 Å². The Bertz CT molecular complexity index is 539. The van der Waals surface area contributed by atoms with Gasteiger partial charge in [-0.2, -0.15) is 5.10 Å². The maximum absolute atomic E-state index is 5.22. The molecular formula is C15H20N4OS. The van der Waals surface area contributed by atoms with Crippen molar-refractivity contribution in [3.63, 3.8) is 0 Å². The number of nitrogens with zero attached hydrogens (tertiary/aromatic N) is 2. The summed E-state index contributed by atoms with van der Waals surface area (Å²) in [6, 6.07) is 10.1. The van der Waals surface area contributed by atoms with Crippen LogP contribution in [0, 0.1) is 0 Å². The number of methoxy groups -OCH3 is 1. The first-order valence-electron chi connectivity index (χ1n) is 6.89. The van der Waals surface area contributed by atoms with E-state index in [4.69, 9.17) is 17.0 Å². The highest BCUT2D eigenvalue weighted by Gasteiger charge is 1.99. The molecule has 2 N–H and O–H groups in total. The minimum absolute atomic E-state index is 0.669.